The molecular formula is C19H25N5O5S. The summed E-state index contributed by atoms with van der Waals surface area (Å²) in [4.78, 5) is 28.1. The second-order valence-corrected chi connectivity index (χ2v) is 9.49. The Kier molecular flexibility index (Phi) is 6.22. The van der Waals surface area contributed by atoms with Gasteiger partial charge in [-0.15, -0.1) is 0 Å². The van der Waals surface area contributed by atoms with Crippen LogP contribution in [-0.4, -0.2) is 48.3 Å². The normalized spacial score (nSPS) is 15.9. The molecule has 10 nitrogen and oxygen atoms in total. The molecule has 11 heteroatoms. The van der Waals surface area contributed by atoms with E-state index in [-0.39, 0.29) is 17.3 Å². The van der Waals surface area contributed by atoms with Crippen molar-refractivity contribution in [3.05, 3.63) is 36.0 Å². The SMILES string of the molecule is CC(=O)Nc1ccc(S(=O)(=O)N(C)CC(=O)NC2(c3noc(C)n3)CCCC2)cc1. The summed E-state index contributed by atoms with van der Waals surface area (Å²) in [5, 5.41) is 9.47. The topological polar surface area (TPSA) is 134 Å². The molecule has 162 valence electrons. The number of carbonyl (C=O) groups excluding carboxylic acids is 2. The molecule has 0 spiro atoms. The van der Waals surface area contributed by atoms with Crippen LogP contribution in [-0.2, 0) is 25.2 Å². The van der Waals surface area contributed by atoms with E-state index < -0.39 is 21.5 Å². The van der Waals surface area contributed by atoms with Crippen LogP contribution in [0.25, 0.3) is 0 Å². The van der Waals surface area contributed by atoms with Crippen LogP contribution in [0.1, 0.15) is 44.3 Å². The zero-order valence-electron chi connectivity index (χ0n) is 17.1. The molecule has 1 saturated carbocycles. The highest BCUT2D eigenvalue weighted by Crippen LogP contribution is 2.37. The number of aromatic nitrogens is 2. The minimum absolute atomic E-state index is 0.0243. The Bertz CT molecular complexity index is 1030. The molecule has 30 heavy (non-hydrogen) atoms. The molecule has 0 saturated heterocycles. The molecule has 0 bridgehead atoms. The lowest BCUT2D eigenvalue weighted by Crippen LogP contribution is -2.48. The monoisotopic (exact) mass is 435 g/mol. The van der Waals surface area contributed by atoms with Gasteiger partial charge >= 0.3 is 0 Å². The van der Waals surface area contributed by atoms with Gasteiger partial charge in [0, 0.05) is 26.6 Å². The van der Waals surface area contributed by atoms with E-state index in [0.717, 1.165) is 17.1 Å². The van der Waals surface area contributed by atoms with Crippen LogP contribution in [0.2, 0.25) is 0 Å². The number of carbonyl (C=O) groups is 2. The van der Waals surface area contributed by atoms with Crippen LogP contribution in [0.15, 0.2) is 33.7 Å². The maximum atomic E-state index is 12.8. The Morgan fingerprint density at radius 2 is 1.83 bits per heavy atom. The highest BCUT2D eigenvalue weighted by molar-refractivity contribution is 7.89. The number of nitrogens with zero attached hydrogens (tertiary/aromatic N) is 3. The fourth-order valence-corrected chi connectivity index (χ4v) is 4.69. The molecule has 0 radical (unpaired) electrons. The van der Waals surface area contributed by atoms with E-state index in [4.69, 9.17) is 4.52 Å². The first-order chi connectivity index (χ1) is 14.1. The number of anilines is 1. The largest absolute Gasteiger partial charge is 0.342 e. The molecule has 1 heterocycles. The van der Waals surface area contributed by atoms with Gasteiger partial charge in [0.25, 0.3) is 0 Å². The summed E-state index contributed by atoms with van der Waals surface area (Å²) in [5.74, 6) is 0.134. The second kappa shape index (κ2) is 8.52. The molecule has 1 aliphatic rings. The van der Waals surface area contributed by atoms with Crippen LogP contribution in [0.5, 0.6) is 0 Å². The number of aryl methyl sites for hydroxylation is 1. The summed E-state index contributed by atoms with van der Waals surface area (Å²) in [5.41, 5.74) is -0.250. The molecule has 2 amide bonds. The quantitative estimate of drug-likeness (QED) is 0.673. The Morgan fingerprint density at radius 3 is 2.37 bits per heavy atom. The molecule has 1 fully saturated rings. The number of amides is 2. The van der Waals surface area contributed by atoms with Gasteiger partial charge in [-0.1, -0.05) is 18.0 Å². The summed E-state index contributed by atoms with van der Waals surface area (Å²) in [6.07, 6.45) is 3.14. The Morgan fingerprint density at radius 1 is 1.20 bits per heavy atom. The zero-order valence-corrected chi connectivity index (χ0v) is 18.0. The average molecular weight is 436 g/mol. The van der Waals surface area contributed by atoms with Crippen molar-refractivity contribution in [2.45, 2.75) is 50.0 Å². The third kappa shape index (κ3) is 4.68. The minimum Gasteiger partial charge on any atom is -0.342 e. The lowest BCUT2D eigenvalue weighted by atomic mass is 9.96. The third-order valence-corrected chi connectivity index (χ3v) is 6.86. The summed E-state index contributed by atoms with van der Waals surface area (Å²) >= 11 is 0. The molecule has 0 unspecified atom stereocenters. The Hall–Kier alpha value is -2.79. The first-order valence-electron chi connectivity index (χ1n) is 9.58. The van der Waals surface area contributed by atoms with Crippen LogP contribution in [0, 0.1) is 6.92 Å². The van der Waals surface area contributed by atoms with Gasteiger partial charge in [-0.2, -0.15) is 9.29 Å². The van der Waals surface area contributed by atoms with E-state index >= 15 is 0 Å². The Balaban J connectivity index is 1.70. The molecule has 0 atom stereocenters. The van der Waals surface area contributed by atoms with Crippen molar-refractivity contribution in [1.29, 1.82) is 0 Å². The van der Waals surface area contributed by atoms with E-state index in [1.54, 1.807) is 6.92 Å². The van der Waals surface area contributed by atoms with Crippen molar-refractivity contribution in [2.24, 2.45) is 0 Å². The molecule has 1 aromatic heterocycles. The van der Waals surface area contributed by atoms with E-state index in [1.165, 1.54) is 38.2 Å². The predicted molar refractivity (Wildman–Crippen MR) is 108 cm³/mol. The number of rotatable bonds is 7. The lowest BCUT2D eigenvalue weighted by molar-refractivity contribution is -0.123. The number of likely N-dealkylation sites (N-methyl/N-ethyl adjacent to an activating group) is 1. The van der Waals surface area contributed by atoms with Gasteiger partial charge in [0.05, 0.1) is 11.4 Å². The molecule has 1 aromatic carbocycles. The zero-order chi connectivity index (χ0) is 21.9. The fraction of sp³-hybridized carbons (Fsp3) is 0.474. The average Bonchev–Trinajstić information content (AvgIpc) is 3.31. The van der Waals surface area contributed by atoms with Gasteiger partial charge in [0.1, 0.15) is 5.54 Å². The van der Waals surface area contributed by atoms with Crippen molar-refractivity contribution >= 4 is 27.5 Å². The highest BCUT2D eigenvalue weighted by atomic mass is 32.2. The standard InChI is InChI=1S/C19H25N5O5S/c1-13(25)20-15-6-8-16(9-7-15)30(27,28)24(3)12-17(26)22-19(10-4-5-11-19)18-21-14(2)29-23-18/h6-9H,4-5,10-12H2,1-3H3,(H,20,25)(H,22,26). The van der Waals surface area contributed by atoms with Gasteiger partial charge < -0.3 is 15.2 Å². The van der Waals surface area contributed by atoms with E-state index in [2.05, 4.69) is 20.8 Å². The summed E-state index contributed by atoms with van der Waals surface area (Å²) < 4.78 is 31.7. The Labute approximate surface area is 175 Å². The molecule has 1 aliphatic carbocycles. The number of benzene rings is 1. The van der Waals surface area contributed by atoms with Gasteiger partial charge in [0.2, 0.25) is 27.7 Å². The van der Waals surface area contributed by atoms with Gasteiger partial charge in [-0.3, -0.25) is 9.59 Å². The van der Waals surface area contributed by atoms with Crippen molar-refractivity contribution in [3.8, 4) is 0 Å². The first-order valence-corrected chi connectivity index (χ1v) is 11.0. The highest BCUT2D eigenvalue weighted by Gasteiger charge is 2.41. The van der Waals surface area contributed by atoms with Crippen LogP contribution >= 0.6 is 0 Å². The smallest absolute Gasteiger partial charge is 0.243 e. The van der Waals surface area contributed by atoms with Gasteiger partial charge in [-0.05, 0) is 37.1 Å². The predicted octanol–water partition coefficient (Wildman–Crippen LogP) is 1.54. The molecule has 3 rings (SSSR count). The maximum Gasteiger partial charge on any atom is 0.243 e. The minimum atomic E-state index is -3.88. The van der Waals surface area contributed by atoms with Crippen LogP contribution < -0.4 is 10.6 Å². The van der Waals surface area contributed by atoms with Crippen LogP contribution in [0.4, 0.5) is 5.69 Å². The maximum absolute atomic E-state index is 12.8. The molecular weight excluding hydrogens is 410 g/mol. The summed E-state index contributed by atoms with van der Waals surface area (Å²) in [6.45, 7) is 2.69. The lowest BCUT2D eigenvalue weighted by Gasteiger charge is -2.28. The second-order valence-electron chi connectivity index (χ2n) is 7.44. The fourth-order valence-electron chi connectivity index (χ4n) is 3.56. The number of hydrogen-bond donors (Lipinski definition) is 2. The third-order valence-electron chi connectivity index (χ3n) is 5.04. The number of sulfonamides is 1. The van der Waals surface area contributed by atoms with Gasteiger partial charge in [0.15, 0.2) is 5.82 Å². The number of nitrogens with one attached hydrogen (secondary N) is 2. The molecule has 2 aromatic rings. The van der Waals surface area contributed by atoms with E-state index in [9.17, 15) is 18.0 Å². The van der Waals surface area contributed by atoms with Crippen LogP contribution in [0.3, 0.4) is 0 Å². The van der Waals surface area contributed by atoms with E-state index in [0.29, 0.717) is 30.2 Å². The number of hydrogen-bond acceptors (Lipinski definition) is 7. The summed E-state index contributed by atoms with van der Waals surface area (Å²) in [6, 6.07) is 5.76. The molecule has 2 N–H and O–H groups in total. The molecule has 0 aliphatic heterocycles. The first kappa shape index (κ1) is 21.9. The van der Waals surface area contributed by atoms with Crippen molar-refractivity contribution in [3.63, 3.8) is 0 Å². The van der Waals surface area contributed by atoms with Gasteiger partial charge in [-0.25, -0.2) is 8.42 Å². The van der Waals surface area contributed by atoms with E-state index in [1.807, 2.05) is 0 Å². The van der Waals surface area contributed by atoms with Crippen molar-refractivity contribution < 1.29 is 22.5 Å². The summed E-state index contributed by atoms with van der Waals surface area (Å²) in [7, 11) is -2.54. The van der Waals surface area contributed by atoms with Crippen molar-refractivity contribution in [2.75, 3.05) is 18.9 Å². The van der Waals surface area contributed by atoms with Crippen molar-refractivity contribution in [1.82, 2.24) is 19.8 Å².